The molecule has 3 nitrogen and oxygen atoms in total. The average Bonchev–Trinajstić information content (AvgIpc) is 2.64. The second-order valence-electron chi connectivity index (χ2n) is 8.84. The highest BCUT2D eigenvalue weighted by Crippen LogP contribution is 2.31. The summed E-state index contributed by atoms with van der Waals surface area (Å²) < 4.78 is 0. The van der Waals surface area contributed by atoms with Gasteiger partial charge in [-0.3, -0.25) is 4.90 Å². The van der Waals surface area contributed by atoms with Crippen molar-refractivity contribution >= 4 is 0 Å². The van der Waals surface area contributed by atoms with Gasteiger partial charge in [0.1, 0.15) is 0 Å². The minimum absolute atomic E-state index is 0.217. The zero-order valence-corrected chi connectivity index (χ0v) is 15.2. The lowest BCUT2D eigenvalue weighted by molar-refractivity contribution is 0.135. The molecule has 2 aliphatic heterocycles. The molecule has 2 aliphatic rings. The number of likely N-dealkylation sites (tertiary alicyclic amines) is 1. The van der Waals surface area contributed by atoms with E-state index in [0.29, 0.717) is 5.41 Å². The van der Waals surface area contributed by atoms with Crippen molar-refractivity contribution in [3.05, 3.63) is 0 Å². The number of fused-ring (bicyclic) bond motifs is 2. The van der Waals surface area contributed by atoms with Crippen molar-refractivity contribution in [2.24, 2.45) is 5.41 Å². The molecule has 0 radical (unpaired) electrons. The van der Waals surface area contributed by atoms with Crippen LogP contribution in [-0.4, -0.2) is 60.6 Å². The van der Waals surface area contributed by atoms with Crippen LogP contribution in [0.3, 0.4) is 0 Å². The van der Waals surface area contributed by atoms with E-state index in [-0.39, 0.29) is 5.54 Å². The van der Waals surface area contributed by atoms with Gasteiger partial charge in [-0.15, -0.1) is 0 Å². The van der Waals surface area contributed by atoms with Crippen LogP contribution in [0.5, 0.6) is 0 Å². The van der Waals surface area contributed by atoms with Crippen molar-refractivity contribution < 1.29 is 0 Å². The van der Waals surface area contributed by atoms with E-state index in [9.17, 15) is 0 Å². The molecule has 0 aromatic heterocycles. The predicted molar refractivity (Wildman–Crippen MR) is 91.8 cm³/mol. The zero-order chi connectivity index (χ0) is 15.7. The van der Waals surface area contributed by atoms with Crippen molar-refractivity contribution in [2.75, 3.05) is 33.2 Å². The molecular weight excluding hydrogens is 258 g/mol. The monoisotopic (exact) mass is 295 g/mol. The summed E-state index contributed by atoms with van der Waals surface area (Å²) in [6.07, 6.45) is 5.43. The van der Waals surface area contributed by atoms with E-state index in [1.54, 1.807) is 0 Å². The van der Waals surface area contributed by atoms with E-state index in [4.69, 9.17) is 0 Å². The third-order valence-electron chi connectivity index (χ3n) is 5.74. The third kappa shape index (κ3) is 4.67. The second-order valence-corrected chi connectivity index (χ2v) is 8.84. The summed E-state index contributed by atoms with van der Waals surface area (Å²) in [4.78, 5) is 5.39. The number of likely N-dealkylation sites (N-methyl/N-ethyl adjacent to an activating group) is 1. The van der Waals surface area contributed by atoms with Crippen molar-refractivity contribution in [3.8, 4) is 0 Å². The Morgan fingerprint density at radius 2 is 1.71 bits per heavy atom. The summed E-state index contributed by atoms with van der Waals surface area (Å²) in [7, 11) is 2.34. The summed E-state index contributed by atoms with van der Waals surface area (Å²) in [5, 5.41) is 3.72. The van der Waals surface area contributed by atoms with E-state index in [0.717, 1.165) is 18.6 Å². The van der Waals surface area contributed by atoms with Crippen molar-refractivity contribution in [1.29, 1.82) is 0 Å². The fourth-order valence-corrected chi connectivity index (χ4v) is 3.83. The van der Waals surface area contributed by atoms with Gasteiger partial charge in [0, 0.05) is 37.3 Å². The van der Waals surface area contributed by atoms with Gasteiger partial charge in [0.25, 0.3) is 0 Å². The lowest BCUT2D eigenvalue weighted by Gasteiger charge is -2.38. The first-order chi connectivity index (χ1) is 9.72. The third-order valence-corrected chi connectivity index (χ3v) is 5.74. The van der Waals surface area contributed by atoms with Crippen LogP contribution in [0.1, 0.15) is 60.3 Å². The summed E-state index contributed by atoms with van der Waals surface area (Å²) in [6, 6.07) is 1.65. The van der Waals surface area contributed by atoms with Crippen LogP contribution in [0.4, 0.5) is 0 Å². The van der Waals surface area contributed by atoms with Crippen LogP contribution in [-0.2, 0) is 0 Å². The largest absolute Gasteiger partial charge is 0.311 e. The molecule has 0 aromatic rings. The average molecular weight is 296 g/mol. The minimum atomic E-state index is 0.217. The van der Waals surface area contributed by atoms with Gasteiger partial charge < -0.3 is 10.2 Å². The highest BCUT2D eigenvalue weighted by molar-refractivity contribution is 4.93. The standard InChI is InChI=1S/C18H37N3/c1-7-18(5,13-19-17(2,3)4)14-21-11-10-15-8-9-16(12-21)20(15)6/h15-16,19H,7-14H2,1-6H3. The van der Waals surface area contributed by atoms with Crippen LogP contribution >= 0.6 is 0 Å². The zero-order valence-electron chi connectivity index (χ0n) is 15.2. The Bertz CT molecular complexity index is 336. The van der Waals surface area contributed by atoms with E-state index in [1.807, 2.05) is 0 Å². The van der Waals surface area contributed by atoms with E-state index in [2.05, 4.69) is 56.8 Å². The number of hydrogen-bond acceptors (Lipinski definition) is 3. The second kappa shape index (κ2) is 6.55. The molecule has 2 saturated heterocycles. The highest BCUT2D eigenvalue weighted by Gasteiger charge is 2.36. The van der Waals surface area contributed by atoms with Gasteiger partial charge in [0.15, 0.2) is 0 Å². The lowest BCUT2D eigenvalue weighted by atomic mass is 9.85. The molecule has 0 saturated carbocycles. The Morgan fingerprint density at radius 1 is 1.05 bits per heavy atom. The Balaban J connectivity index is 1.92. The first-order valence-corrected chi connectivity index (χ1v) is 8.92. The van der Waals surface area contributed by atoms with Gasteiger partial charge >= 0.3 is 0 Å². The molecule has 3 atom stereocenters. The maximum Gasteiger partial charge on any atom is 0.0223 e. The summed E-state index contributed by atoms with van der Waals surface area (Å²) in [5.74, 6) is 0. The normalized spacial score (nSPS) is 31.1. The molecule has 0 aliphatic carbocycles. The number of nitrogens with one attached hydrogen (secondary N) is 1. The number of rotatable bonds is 5. The van der Waals surface area contributed by atoms with Gasteiger partial charge in [-0.05, 0) is 65.5 Å². The van der Waals surface area contributed by atoms with Crippen LogP contribution < -0.4 is 5.32 Å². The first-order valence-electron chi connectivity index (χ1n) is 8.92. The van der Waals surface area contributed by atoms with Gasteiger partial charge in [0.2, 0.25) is 0 Å². The number of nitrogens with zero attached hydrogens (tertiary/aromatic N) is 2. The predicted octanol–water partition coefficient (Wildman–Crippen LogP) is 2.96. The molecule has 2 bridgehead atoms. The van der Waals surface area contributed by atoms with Crippen LogP contribution in [0.2, 0.25) is 0 Å². The molecule has 2 fully saturated rings. The first kappa shape index (κ1) is 17.2. The van der Waals surface area contributed by atoms with Crippen molar-refractivity contribution in [2.45, 2.75) is 77.9 Å². The molecule has 2 rings (SSSR count). The molecule has 0 aromatic carbocycles. The van der Waals surface area contributed by atoms with Crippen molar-refractivity contribution in [3.63, 3.8) is 0 Å². The summed E-state index contributed by atoms with van der Waals surface area (Å²) >= 11 is 0. The van der Waals surface area contributed by atoms with Gasteiger partial charge in [-0.1, -0.05) is 13.8 Å². The summed E-state index contributed by atoms with van der Waals surface area (Å²) in [6.45, 7) is 16.5. The fourth-order valence-electron chi connectivity index (χ4n) is 3.83. The van der Waals surface area contributed by atoms with Gasteiger partial charge in [-0.2, -0.15) is 0 Å². The SMILES string of the molecule is CCC(C)(CNC(C)(C)C)CN1CCC2CCC(C1)N2C. The molecule has 21 heavy (non-hydrogen) atoms. The Morgan fingerprint density at radius 3 is 2.33 bits per heavy atom. The molecule has 3 unspecified atom stereocenters. The molecular formula is C18H37N3. The van der Waals surface area contributed by atoms with Gasteiger partial charge in [0.05, 0.1) is 0 Å². The van der Waals surface area contributed by atoms with E-state index >= 15 is 0 Å². The van der Waals surface area contributed by atoms with E-state index < -0.39 is 0 Å². The smallest absolute Gasteiger partial charge is 0.0223 e. The molecule has 0 spiro atoms. The maximum absolute atomic E-state index is 3.72. The molecule has 124 valence electrons. The van der Waals surface area contributed by atoms with Crippen LogP contribution in [0.15, 0.2) is 0 Å². The van der Waals surface area contributed by atoms with Crippen LogP contribution in [0, 0.1) is 5.41 Å². The Hall–Kier alpha value is -0.120. The quantitative estimate of drug-likeness (QED) is 0.841. The Labute approximate surface area is 132 Å². The molecule has 2 heterocycles. The fraction of sp³-hybridized carbons (Fsp3) is 1.00. The summed E-state index contributed by atoms with van der Waals surface area (Å²) in [5.41, 5.74) is 0.601. The number of hydrogen-bond donors (Lipinski definition) is 1. The minimum Gasteiger partial charge on any atom is -0.311 e. The van der Waals surface area contributed by atoms with Crippen molar-refractivity contribution in [1.82, 2.24) is 15.1 Å². The molecule has 3 heteroatoms. The highest BCUT2D eigenvalue weighted by atomic mass is 15.3. The van der Waals surface area contributed by atoms with E-state index in [1.165, 1.54) is 45.3 Å². The molecule has 1 N–H and O–H groups in total. The topological polar surface area (TPSA) is 18.5 Å². The van der Waals surface area contributed by atoms with Gasteiger partial charge in [-0.25, -0.2) is 0 Å². The van der Waals surface area contributed by atoms with Crippen LogP contribution in [0.25, 0.3) is 0 Å². The molecule has 0 amide bonds. The Kier molecular flexibility index (Phi) is 5.38. The maximum atomic E-state index is 3.72. The lowest BCUT2D eigenvalue weighted by Crippen LogP contribution is -2.48.